The Bertz CT molecular complexity index is 401. The van der Waals surface area contributed by atoms with Crippen LogP contribution in [-0.2, 0) is 0 Å². The maximum atomic E-state index is 13.6. The van der Waals surface area contributed by atoms with Crippen LogP contribution in [0, 0.1) is 11.6 Å². The first-order valence-electron chi connectivity index (χ1n) is 5.93. The third-order valence-electron chi connectivity index (χ3n) is 3.69. The average Bonchev–Trinajstić information content (AvgIpc) is 2.98. The van der Waals surface area contributed by atoms with Gasteiger partial charge in [-0.25, -0.2) is 8.78 Å². The first-order valence-corrected chi connectivity index (χ1v) is 5.93. The molecule has 0 bridgehead atoms. The van der Waals surface area contributed by atoms with Gasteiger partial charge in [0, 0.05) is 24.6 Å². The zero-order chi connectivity index (χ0) is 11.1. The van der Waals surface area contributed by atoms with Gasteiger partial charge in [-0.15, -0.1) is 0 Å². The van der Waals surface area contributed by atoms with E-state index in [1.54, 1.807) is 6.07 Å². The van der Waals surface area contributed by atoms with E-state index in [0.29, 0.717) is 5.56 Å². The summed E-state index contributed by atoms with van der Waals surface area (Å²) in [5, 5.41) is 0. The normalized spacial score (nSPS) is 26.2. The Labute approximate surface area is 94.1 Å². The Balaban J connectivity index is 1.77. The van der Waals surface area contributed by atoms with Crippen LogP contribution in [-0.4, -0.2) is 24.0 Å². The second-order valence-electron chi connectivity index (χ2n) is 4.88. The van der Waals surface area contributed by atoms with Gasteiger partial charge in [0.15, 0.2) is 0 Å². The summed E-state index contributed by atoms with van der Waals surface area (Å²) in [5.41, 5.74) is 0.685. The molecule has 1 aromatic carbocycles. The molecule has 3 rings (SSSR count). The molecule has 0 radical (unpaired) electrons. The molecule has 0 N–H and O–H groups in total. The van der Waals surface area contributed by atoms with Crippen molar-refractivity contribution in [2.45, 2.75) is 31.2 Å². The molecule has 0 aromatic heterocycles. The molecular formula is C13H15F2N. The third kappa shape index (κ3) is 1.84. The van der Waals surface area contributed by atoms with Gasteiger partial charge in [-0.1, -0.05) is 6.07 Å². The molecule has 2 fully saturated rings. The van der Waals surface area contributed by atoms with Gasteiger partial charge < -0.3 is 0 Å². The van der Waals surface area contributed by atoms with Crippen molar-refractivity contribution < 1.29 is 8.78 Å². The minimum absolute atomic E-state index is 0.251. The van der Waals surface area contributed by atoms with Crippen LogP contribution in [0.5, 0.6) is 0 Å². The van der Waals surface area contributed by atoms with Gasteiger partial charge >= 0.3 is 0 Å². The smallest absolute Gasteiger partial charge is 0.129 e. The first kappa shape index (κ1) is 10.2. The van der Waals surface area contributed by atoms with Gasteiger partial charge in [-0.2, -0.15) is 0 Å². The van der Waals surface area contributed by atoms with Crippen molar-refractivity contribution in [2.24, 2.45) is 0 Å². The molecule has 1 heterocycles. The Hall–Kier alpha value is -0.960. The van der Waals surface area contributed by atoms with Gasteiger partial charge in [0.1, 0.15) is 11.6 Å². The van der Waals surface area contributed by atoms with Crippen LogP contribution in [0.15, 0.2) is 18.2 Å². The van der Waals surface area contributed by atoms with Crippen molar-refractivity contribution in [3.63, 3.8) is 0 Å². The third-order valence-corrected chi connectivity index (χ3v) is 3.69. The maximum absolute atomic E-state index is 13.6. The Morgan fingerprint density at radius 3 is 2.62 bits per heavy atom. The molecule has 1 aliphatic heterocycles. The fourth-order valence-electron chi connectivity index (χ4n) is 2.65. The topological polar surface area (TPSA) is 3.24 Å². The zero-order valence-corrected chi connectivity index (χ0v) is 9.13. The number of benzene rings is 1. The molecule has 0 amide bonds. The molecule has 2 aliphatic rings. The van der Waals surface area contributed by atoms with E-state index < -0.39 is 5.82 Å². The Morgan fingerprint density at radius 2 is 1.94 bits per heavy atom. The van der Waals surface area contributed by atoms with Gasteiger partial charge in [0.25, 0.3) is 0 Å². The van der Waals surface area contributed by atoms with Crippen molar-refractivity contribution in [2.75, 3.05) is 13.1 Å². The second-order valence-corrected chi connectivity index (χ2v) is 4.88. The van der Waals surface area contributed by atoms with Crippen LogP contribution in [0.3, 0.4) is 0 Å². The van der Waals surface area contributed by atoms with Crippen LogP contribution in [0.25, 0.3) is 0 Å². The lowest BCUT2D eigenvalue weighted by Gasteiger charge is -2.15. The summed E-state index contributed by atoms with van der Waals surface area (Å²) in [6.45, 7) is 2.00. The molecule has 1 nitrogen and oxygen atoms in total. The number of hydrogen-bond acceptors (Lipinski definition) is 1. The van der Waals surface area contributed by atoms with Crippen LogP contribution < -0.4 is 0 Å². The summed E-state index contributed by atoms with van der Waals surface area (Å²) in [4.78, 5) is 2.44. The van der Waals surface area contributed by atoms with Crippen LogP contribution >= 0.6 is 0 Å². The highest BCUT2D eigenvalue weighted by Crippen LogP contribution is 2.36. The highest BCUT2D eigenvalue weighted by Gasteiger charge is 2.35. The van der Waals surface area contributed by atoms with Crippen molar-refractivity contribution in [1.29, 1.82) is 0 Å². The summed E-state index contributed by atoms with van der Waals surface area (Å²) in [6.07, 6.45) is 3.58. The molecular weight excluding hydrogens is 208 g/mol. The number of likely N-dealkylation sites (tertiary alicyclic amines) is 1. The predicted octanol–water partition coefficient (Wildman–Crippen LogP) is 2.92. The predicted molar refractivity (Wildman–Crippen MR) is 58.3 cm³/mol. The van der Waals surface area contributed by atoms with Gasteiger partial charge in [0.05, 0.1) is 0 Å². The van der Waals surface area contributed by atoms with E-state index in [1.165, 1.54) is 18.9 Å². The summed E-state index contributed by atoms with van der Waals surface area (Å²) >= 11 is 0. The van der Waals surface area contributed by atoms with E-state index in [4.69, 9.17) is 0 Å². The average molecular weight is 223 g/mol. The van der Waals surface area contributed by atoms with E-state index in [1.807, 2.05) is 0 Å². The number of hydrogen-bond donors (Lipinski definition) is 0. The standard InChI is InChI=1S/C13H15F2N/c14-10-1-4-12(13(15)7-10)9-5-6-16(8-9)11-2-3-11/h1,4,7,9,11H,2-3,5-6,8H2. The lowest BCUT2D eigenvalue weighted by Crippen LogP contribution is -2.22. The highest BCUT2D eigenvalue weighted by molar-refractivity contribution is 5.24. The SMILES string of the molecule is Fc1ccc(C2CCN(C3CC3)C2)c(F)c1. The summed E-state index contributed by atoms with van der Waals surface area (Å²) < 4.78 is 26.4. The Morgan fingerprint density at radius 1 is 1.12 bits per heavy atom. The number of rotatable bonds is 2. The van der Waals surface area contributed by atoms with Gasteiger partial charge in [-0.05, 0) is 37.4 Å². The summed E-state index contributed by atoms with van der Waals surface area (Å²) in [6, 6.07) is 4.70. The largest absolute Gasteiger partial charge is 0.300 e. The molecule has 0 spiro atoms. The summed E-state index contributed by atoms with van der Waals surface area (Å²) in [5.74, 6) is -0.623. The molecule has 1 unspecified atom stereocenters. The van der Waals surface area contributed by atoms with E-state index in [-0.39, 0.29) is 11.7 Å². The molecule has 1 saturated heterocycles. The fourth-order valence-corrected chi connectivity index (χ4v) is 2.65. The van der Waals surface area contributed by atoms with Crippen LogP contribution in [0.2, 0.25) is 0 Å². The molecule has 1 aliphatic carbocycles. The van der Waals surface area contributed by atoms with E-state index in [0.717, 1.165) is 31.6 Å². The Kier molecular flexibility index (Phi) is 2.43. The second kappa shape index (κ2) is 3.81. The number of nitrogens with zero attached hydrogens (tertiary/aromatic N) is 1. The minimum atomic E-state index is -0.488. The van der Waals surface area contributed by atoms with Crippen molar-refractivity contribution in [3.8, 4) is 0 Å². The fraction of sp³-hybridized carbons (Fsp3) is 0.538. The molecule has 1 atom stereocenters. The first-order chi connectivity index (χ1) is 7.74. The van der Waals surface area contributed by atoms with Crippen molar-refractivity contribution in [1.82, 2.24) is 4.90 Å². The van der Waals surface area contributed by atoms with Gasteiger partial charge in [-0.3, -0.25) is 4.90 Å². The minimum Gasteiger partial charge on any atom is -0.300 e. The lowest BCUT2D eigenvalue weighted by atomic mass is 9.98. The van der Waals surface area contributed by atoms with E-state index >= 15 is 0 Å². The highest BCUT2D eigenvalue weighted by atomic mass is 19.1. The van der Waals surface area contributed by atoms with E-state index in [2.05, 4.69) is 4.90 Å². The van der Waals surface area contributed by atoms with Crippen molar-refractivity contribution in [3.05, 3.63) is 35.4 Å². The molecule has 16 heavy (non-hydrogen) atoms. The van der Waals surface area contributed by atoms with Gasteiger partial charge in [0.2, 0.25) is 0 Å². The molecule has 3 heteroatoms. The number of halogens is 2. The van der Waals surface area contributed by atoms with Crippen LogP contribution in [0.4, 0.5) is 8.78 Å². The molecule has 1 saturated carbocycles. The maximum Gasteiger partial charge on any atom is 0.129 e. The quantitative estimate of drug-likeness (QED) is 0.745. The van der Waals surface area contributed by atoms with Crippen molar-refractivity contribution >= 4 is 0 Å². The van der Waals surface area contributed by atoms with Crippen LogP contribution in [0.1, 0.15) is 30.7 Å². The van der Waals surface area contributed by atoms with E-state index in [9.17, 15) is 8.78 Å². The summed E-state index contributed by atoms with van der Waals surface area (Å²) in [7, 11) is 0. The lowest BCUT2D eigenvalue weighted by molar-refractivity contribution is 0.323. The molecule has 1 aromatic rings. The molecule has 86 valence electrons. The monoisotopic (exact) mass is 223 g/mol. The zero-order valence-electron chi connectivity index (χ0n) is 9.13.